The molecule has 10 heavy (non-hydrogen) atoms. The molecule has 1 nitrogen and oxygen atoms in total. The van der Waals surface area contributed by atoms with Crippen LogP contribution in [0.1, 0.15) is 19.8 Å². The lowest BCUT2D eigenvalue weighted by Gasteiger charge is -2.12. The van der Waals surface area contributed by atoms with Gasteiger partial charge in [0.05, 0.1) is 0 Å². The predicted molar refractivity (Wildman–Crippen MR) is 44.9 cm³/mol. The third kappa shape index (κ3) is 1.60. The molecule has 1 fully saturated rings. The Hall–Kier alpha value is -0.300. The SMILES string of the molecule is C=CCC(NC)C1CC1C. The molecule has 1 N–H and O–H groups in total. The van der Waals surface area contributed by atoms with Crippen molar-refractivity contribution in [1.29, 1.82) is 0 Å². The standard InChI is InChI=1S/C9H17N/c1-4-5-9(10-3)8-6-7(8)2/h4,7-10H,1,5-6H2,2-3H3. The maximum Gasteiger partial charge on any atom is 0.0129 e. The molecule has 1 saturated carbocycles. The van der Waals surface area contributed by atoms with E-state index in [-0.39, 0.29) is 0 Å². The maximum absolute atomic E-state index is 3.74. The molecule has 1 heteroatoms. The summed E-state index contributed by atoms with van der Waals surface area (Å²) < 4.78 is 0. The molecule has 0 spiro atoms. The highest BCUT2D eigenvalue weighted by Gasteiger charge is 2.37. The lowest BCUT2D eigenvalue weighted by atomic mass is 10.1. The number of rotatable bonds is 4. The van der Waals surface area contributed by atoms with Gasteiger partial charge in [-0.15, -0.1) is 6.58 Å². The fourth-order valence-corrected chi connectivity index (χ4v) is 1.60. The zero-order chi connectivity index (χ0) is 7.56. The average Bonchev–Trinajstić information content (AvgIpc) is 2.62. The van der Waals surface area contributed by atoms with Gasteiger partial charge in [0.2, 0.25) is 0 Å². The zero-order valence-corrected chi connectivity index (χ0v) is 6.93. The van der Waals surface area contributed by atoms with Crippen LogP contribution in [0.15, 0.2) is 12.7 Å². The van der Waals surface area contributed by atoms with E-state index < -0.39 is 0 Å². The molecule has 1 rings (SSSR count). The summed E-state index contributed by atoms with van der Waals surface area (Å²) in [4.78, 5) is 0. The van der Waals surface area contributed by atoms with Crippen molar-refractivity contribution >= 4 is 0 Å². The second kappa shape index (κ2) is 3.20. The van der Waals surface area contributed by atoms with Crippen LogP contribution in [0.2, 0.25) is 0 Å². The molecule has 0 heterocycles. The van der Waals surface area contributed by atoms with Crippen molar-refractivity contribution in [1.82, 2.24) is 5.32 Å². The number of hydrogen-bond acceptors (Lipinski definition) is 1. The van der Waals surface area contributed by atoms with Crippen molar-refractivity contribution < 1.29 is 0 Å². The highest BCUT2D eigenvalue weighted by molar-refractivity contribution is 4.94. The third-order valence-corrected chi connectivity index (χ3v) is 2.48. The van der Waals surface area contributed by atoms with Gasteiger partial charge in [0.15, 0.2) is 0 Å². The molecule has 0 amide bonds. The molecule has 3 atom stereocenters. The van der Waals surface area contributed by atoms with Gasteiger partial charge in [-0.1, -0.05) is 13.0 Å². The van der Waals surface area contributed by atoms with Gasteiger partial charge in [-0.05, 0) is 31.7 Å². The van der Waals surface area contributed by atoms with Gasteiger partial charge in [0.25, 0.3) is 0 Å². The van der Waals surface area contributed by atoms with E-state index in [2.05, 4.69) is 18.8 Å². The van der Waals surface area contributed by atoms with Gasteiger partial charge in [-0.25, -0.2) is 0 Å². The number of hydrogen-bond donors (Lipinski definition) is 1. The molecule has 0 bridgehead atoms. The number of nitrogens with one attached hydrogen (secondary N) is 1. The van der Waals surface area contributed by atoms with E-state index in [9.17, 15) is 0 Å². The van der Waals surface area contributed by atoms with Crippen LogP contribution in [-0.4, -0.2) is 13.1 Å². The van der Waals surface area contributed by atoms with Crippen LogP contribution in [-0.2, 0) is 0 Å². The van der Waals surface area contributed by atoms with Crippen molar-refractivity contribution in [2.24, 2.45) is 11.8 Å². The largest absolute Gasteiger partial charge is 0.316 e. The molecule has 0 aliphatic heterocycles. The quantitative estimate of drug-likeness (QED) is 0.586. The summed E-state index contributed by atoms with van der Waals surface area (Å²) in [6.07, 6.45) is 4.52. The summed E-state index contributed by atoms with van der Waals surface area (Å²) in [7, 11) is 2.04. The summed E-state index contributed by atoms with van der Waals surface area (Å²) >= 11 is 0. The van der Waals surface area contributed by atoms with Gasteiger partial charge in [-0.2, -0.15) is 0 Å². The van der Waals surface area contributed by atoms with Gasteiger partial charge >= 0.3 is 0 Å². The highest BCUT2D eigenvalue weighted by atomic mass is 14.9. The van der Waals surface area contributed by atoms with Crippen LogP contribution in [0.25, 0.3) is 0 Å². The van der Waals surface area contributed by atoms with Gasteiger partial charge in [0.1, 0.15) is 0 Å². The molecule has 0 radical (unpaired) electrons. The Labute approximate surface area is 63.5 Å². The first-order chi connectivity index (χ1) is 4.79. The van der Waals surface area contributed by atoms with Gasteiger partial charge in [-0.3, -0.25) is 0 Å². The lowest BCUT2D eigenvalue weighted by molar-refractivity contribution is 0.487. The van der Waals surface area contributed by atoms with E-state index >= 15 is 0 Å². The topological polar surface area (TPSA) is 12.0 Å². The fraction of sp³-hybridized carbons (Fsp3) is 0.778. The smallest absolute Gasteiger partial charge is 0.0129 e. The first-order valence-electron chi connectivity index (χ1n) is 4.07. The summed E-state index contributed by atoms with van der Waals surface area (Å²) in [5.74, 6) is 1.86. The first-order valence-corrected chi connectivity index (χ1v) is 4.07. The molecule has 0 saturated heterocycles. The summed E-state index contributed by atoms with van der Waals surface area (Å²) in [6.45, 7) is 6.06. The van der Waals surface area contributed by atoms with E-state index in [0.717, 1.165) is 18.3 Å². The Bertz CT molecular complexity index is 120. The molecule has 1 aliphatic rings. The van der Waals surface area contributed by atoms with E-state index in [1.165, 1.54) is 6.42 Å². The van der Waals surface area contributed by atoms with E-state index in [1.54, 1.807) is 0 Å². The molecule has 0 aromatic rings. The summed E-state index contributed by atoms with van der Waals surface area (Å²) in [6, 6.07) is 0.687. The minimum atomic E-state index is 0.687. The summed E-state index contributed by atoms with van der Waals surface area (Å²) in [5, 5.41) is 3.32. The van der Waals surface area contributed by atoms with Crippen molar-refractivity contribution in [3.8, 4) is 0 Å². The van der Waals surface area contributed by atoms with Crippen LogP contribution in [0.5, 0.6) is 0 Å². The van der Waals surface area contributed by atoms with Crippen LogP contribution in [0, 0.1) is 11.8 Å². The molecule has 3 unspecified atom stereocenters. The van der Waals surface area contributed by atoms with Crippen LogP contribution >= 0.6 is 0 Å². The third-order valence-electron chi connectivity index (χ3n) is 2.48. The molecule has 0 aromatic heterocycles. The maximum atomic E-state index is 3.74. The highest BCUT2D eigenvalue weighted by Crippen LogP contribution is 2.41. The van der Waals surface area contributed by atoms with Gasteiger partial charge in [0, 0.05) is 6.04 Å². The van der Waals surface area contributed by atoms with Crippen molar-refractivity contribution in [2.45, 2.75) is 25.8 Å². The van der Waals surface area contributed by atoms with Crippen LogP contribution in [0.4, 0.5) is 0 Å². The second-order valence-electron chi connectivity index (χ2n) is 3.30. The first kappa shape index (κ1) is 7.80. The average molecular weight is 139 g/mol. The lowest BCUT2D eigenvalue weighted by Crippen LogP contribution is -2.27. The fourth-order valence-electron chi connectivity index (χ4n) is 1.60. The van der Waals surface area contributed by atoms with E-state index in [0.29, 0.717) is 6.04 Å². The molecular formula is C9H17N. The predicted octanol–water partition coefficient (Wildman–Crippen LogP) is 1.81. The van der Waals surface area contributed by atoms with Crippen molar-refractivity contribution in [3.05, 3.63) is 12.7 Å². The Morgan fingerprint density at radius 3 is 2.70 bits per heavy atom. The van der Waals surface area contributed by atoms with Gasteiger partial charge < -0.3 is 5.32 Å². The Balaban J connectivity index is 2.27. The Kier molecular flexibility index (Phi) is 2.50. The summed E-state index contributed by atoms with van der Waals surface area (Å²) in [5.41, 5.74) is 0. The minimum absolute atomic E-state index is 0.687. The normalized spacial score (nSPS) is 33.4. The minimum Gasteiger partial charge on any atom is -0.316 e. The molecular weight excluding hydrogens is 122 g/mol. The molecule has 1 aliphatic carbocycles. The van der Waals surface area contributed by atoms with Crippen molar-refractivity contribution in [3.63, 3.8) is 0 Å². The van der Waals surface area contributed by atoms with Crippen molar-refractivity contribution in [2.75, 3.05) is 7.05 Å². The van der Waals surface area contributed by atoms with E-state index in [4.69, 9.17) is 0 Å². The monoisotopic (exact) mass is 139 g/mol. The molecule has 0 aromatic carbocycles. The van der Waals surface area contributed by atoms with Crippen LogP contribution in [0.3, 0.4) is 0 Å². The Morgan fingerprint density at radius 1 is 1.80 bits per heavy atom. The van der Waals surface area contributed by atoms with E-state index in [1.807, 2.05) is 13.1 Å². The zero-order valence-electron chi connectivity index (χ0n) is 6.93. The second-order valence-corrected chi connectivity index (χ2v) is 3.30. The molecule has 58 valence electrons. The Morgan fingerprint density at radius 2 is 2.40 bits per heavy atom. The van der Waals surface area contributed by atoms with Crippen LogP contribution < -0.4 is 5.32 Å².